The molecule has 0 aliphatic rings. The van der Waals surface area contributed by atoms with E-state index >= 15 is 0 Å². The van der Waals surface area contributed by atoms with Gasteiger partial charge in [0.1, 0.15) is 0 Å². The zero-order valence-corrected chi connectivity index (χ0v) is 15.6. The molecule has 1 unspecified atom stereocenters. The maximum atomic E-state index is 10.7. The Morgan fingerprint density at radius 3 is 1.71 bits per heavy atom. The number of rotatable bonds is 14. The Kier molecular flexibility index (Phi) is 11.8. The molecule has 9 heteroatoms. The summed E-state index contributed by atoms with van der Waals surface area (Å²) in [5, 5.41) is 0. The highest BCUT2D eigenvalue weighted by molar-refractivity contribution is 6.74. The molecule has 0 aromatic carbocycles. The van der Waals surface area contributed by atoms with Gasteiger partial charge >= 0.3 is 17.6 Å². The second-order valence-corrected chi connectivity index (χ2v) is 10.1. The van der Waals surface area contributed by atoms with Crippen LogP contribution in [0.1, 0.15) is 33.6 Å². The fourth-order valence-corrected chi connectivity index (χ4v) is 8.60. The maximum Gasteiger partial charge on any atom is 0.493 e. The fraction of sp³-hybridized carbons (Fsp3) is 1.00. The molecule has 0 aliphatic heterocycles. The predicted octanol–water partition coefficient (Wildman–Crippen LogP) is 0.680. The quantitative estimate of drug-likeness (QED) is 0.399. The SMILES string of the molecule is CCO[Si](O)(CCCN)O[Si](CCCN)(OCC)OCC. The molecule has 0 aromatic rings. The van der Waals surface area contributed by atoms with Crippen LogP contribution in [0.4, 0.5) is 0 Å². The lowest BCUT2D eigenvalue weighted by molar-refractivity contribution is 0.0670. The summed E-state index contributed by atoms with van der Waals surface area (Å²) < 4.78 is 23.1. The van der Waals surface area contributed by atoms with Crippen LogP contribution in [0.3, 0.4) is 0 Å². The van der Waals surface area contributed by atoms with Crippen LogP contribution in [0.5, 0.6) is 0 Å². The van der Waals surface area contributed by atoms with Crippen LogP contribution in [0.25, 0.3) is 0 Å². The number of hydrogen-bond donors (Lipinski definition) is 3. The second-order valence-electron chi connectivity index (χ2n) is 4.58. The molecule has 1 atom stereocenters. The molecular weight excluding hydrogens is 308 g/mol. The molecule has 128 valence electrons. The Morgan fingerprint density at radius 1 is 0.810 bits per heavy atom. The van der Waals surface area contributed by atoms with E-state index in [2.05, 4.69) is 0 Å². The predicted molar refractivity (Wildman–Crippen MR) is 86.6 cm³/mol. The van der Waals surface area contributed by atoms with Gasteiger partial charge in [0.2, 0.25) is 0 Å². The Balaban J connectivity index is 5.06. The topological polar surface area (TPSA) is 109 Å². The lowest BCUT2D eigenvalue weighted by atomic mass is 10.5. The Morgan fingerprint density at radius 2 is 1.29 bits per heavy atom. The molecule has 0 aliphatic carbocycles. The lowest BCUT2D eigenvalue weighted by Crippen LogP contribution is -2.57. The molecule has 0 bridgehead atoms. The zero-order chi connectivity index (χ0) is 16.2. The van der Waals surface area contributed by atoms with Gasteiger partial charge in [-0.15, -0.1) is 0 Å². The van der Waals surface area contributed by atoms with Gasteiger partial charge in [-0.25, -0.2) is 0 Å². The van der Waals surface area contributed by atoms with E-state index in [0.717, 1.165) is 6.42 Å². The van der Waals surface area contributed by atoms with E-state index in [4.69, 9.17) is 28.9 Å². The largest absolute Gasteiger partial charge is 0.493 e. The molecular formula is C12H32N2O5Si2. The first kappa shape index (κ1) is 21.2. The van der Waals surface area contributed by atoms with Crippen molar-refractivity contribution in [1.29, 1.82) is 0 Å². The van der Waals surface area contributed by atoms with Gasteiger partial charge in [0.25, 0.3) is 0 Å². The van der Waals surface area contributed by atoms with Crippen LogP contribution in [-0.2, 0) is 17.4 Å². The van der Waals surface area contributed by atoms with E-state index in [9.17, 15) is 4.80 Å². The summed E-state index contributed by atoms with van der Waals surface area (Å²) in [6, 6.07) is 0.991. The maximum absolute atomic E-state index is 10.7. The van der Waals surface area contributed by atoms with Crippen LogP contribution in [0, 0.1) is 0 Å². The Hall–Kier alpha value is 0.154. The van der Waals surface area contributed by atoms with Gasteiger partial charge in [-0.3, -0.25) is 0 Å². The number of nitrogens with two attached hydrogens (primary N) is 2. The van der Waals surface area contributed by atoms with E-state index in [1.54, 1.807) is 0 Å². The van der Waals surface area contributed by atoms with Gasteiger partial charge < -0.3 is 33.7 Å². The van der Waals surface area contributed by atoms with Crippen LogP contribution in [0.2, 0.25) is 12.1 Å². The normalized spacial score (nSPS) is 15.1. The van der Waals surface area contributed by atoms with Crippen molar-refractivity contribution in [3.63, 3.8) is 0 Å². The average Bonchev–Trinajstić information content (AvgIpc) is 2.44. The third-order valence-corrected chi connectivity index (χ3v) is 9.47. The minimum Gasteiger partial charge on any atom is -0.390 e. The molecule has 0 spiro atoms. The minimum absolute atomic E-state index is 0.382. The van der Waals surface area contributed by atoms with Crippen molar-refractivity contribution < 1.29 is 22.2 Å². The van der Waals surface area contributed by atoms with E-state index < -0.39 is 17.6 Å². The monoisotopic (exact) mass is 340 g/mol. The van der Waals surface area contributed by atoms with Gasteiger partial charge in [0.05, 0.1) is 0 Å². The van der Waals surface area contributed by atoms with Crippen LogP contribution < -0.4 is 11.5 Å². The van der Waals surface area contributed by atoms with Gasteiger partial charge in [0, 0.05) is 31.9 Å². The van der Waals surface area contributed by atoms with E-state index in [1.807, 2.05) is 20.8 Å². The summed E-state index contributed by atoms with van der Waals surface area (Å²) in [5.41, 5.74) is 11.1. The van der Waals surface area contributed by atoms with Gasteiger partial charge in [-0.1, -0.05) is 0 Å². The van der Waals surface area contributed by atoms with E-state index in [1.165, 1.54) is 0 Å². The van der Waals surface area contributed by atoms with Gasteiger partial charge in [-0.05, 0) is 46.7 Å². The van der Waals surface area contributed by atoms with Crippen molar-refractivity contribution in [3.8, 4) is 0 Å². The second kappa shape index (κ2) is 11.7. The summed E-state index contributed by atoms with van der Waals surface area (Å²) in [6.07, 6.45) is 1.36. The highest BCUT2D eigenvalue weighted by Crippen LogP contribution is 2.25. The van der Waals surface area contributed by atoms with Crippen LogP contribution >= 0.6 is 0 Å². The van der Waals surface area contributed by atoms with Crippen molar-refractivity contribution >= 4 is 17.6 Å². The molecule has 0 radical (unpaired) electrons. The van der Waals surface area contributed by atoms with Crippen molar-refractivity contribution in [2.75, 3.05) is 32.9 Å². The molecule has 0 amide bonds. The molecule has 5 N–H and O–H groups in total. The summed E-state index contributed by atoms with van der Waals surface area (Å²) in [5.74, 6) is 0. The smallest absolute Gasteiger partial charge is 0.390 e. The van der Waals surface area contributed by atoms with Crippen molar-refractivity contribution in [2.45, 2.75) is 45.7 Å². The molecule has 7 nitrogen and oxygen atoms in total. The molecule has 0 heterocycles. The molecule has 0 rings (SSSR count). The summed E-state index contributed by atoms with van der Waals surface area (Å²) in [7, 11) is -6.31. The first-order valence-electron chi connectivity index (χ1n) is 7.76. The molecule has 0 aromatic heterocycles. The summed E-state index contributed by atoms with van der Waals surface area (Å²) in [6.45, 7) is 7.90. The van der Waals surface area contributed by atoms with Gasteiger partial charge in [-0.2, -0.15) is 0 Å². The fourth-order valence-electron chi connectivity index (χ4n) is 2.00. The van der Waals surface area contributed by atoms with Crippen molar-refractivity contribution in [3.05, 3.63) is 0 Å². The Bertz CT molecular complexity index is 258. The van der Waals surface area contributed by atoms with E-state index in [-0.39, 0.29) is 0 Å². The van der Waals surface area contributed by atoms with Crippen molar-refractivity contribution in [1.82, 2.24) is 0 Å². The standard InChI is InChI=1S/C12H32N2O5Si2/c1-4-16-20(15,11-7-9-13)19-21(17-5-2,18-6-3)12-8-10-14/h15H,4-14H2,1-3H3. The lowest BCUT2D eigenvalue weighted by Gasteiger charge is -2.35. The third-order valence-electron chi connectivity index (χ3n) is 2.80. The molecule has 21 heavy (non-hydrogen) atoms. The summed E-state index contributed by atoms with van der Waals surface area (Å²) >= 11 is 0. The van der Waals surface area contributed by atoms with E-state index in [0.29, 0.717) is 51.4 Å². The first-order chi connectivity index (χ1) is 10.0. The Labute approximate surface area is 130 Å². The molecule has 0 saturated heterocycles. The first-order valence-corrected chi connectivity index (χ1v) is 11.7. The third kappa shape index (κ3) is 8.38. The number of hydrogen-bond acceptors (Lipinski definition) is 7. The zero-order valence-electron chi connectivity index (χ0n) is 13.6. The molecule has 0 fully saturated rings. The summed E-state index contributed by atoms with van der Waals surface area (Å²) in [4.78, 5) is 10.7. The van der Waals surface area contributed by atoms with Crippen LogP contribution in [-0.4, -0.2) is 55.3 Å². The minimum atomic E-state index is -3.34. The highest BCUT2D eigenvalue weighted by Gasteiger charge is 2.50. The highest BCUT2D eigenvalue weighted by atomic mass is 28.5. The van der Waals surface area contributed by atoms with Crippen LogP contribution in [0.15, 0.2) is 0 Å². The average molecular weight is 341 g/mol. The van der Waals surface area contributed by atoms with Crippen molar-refractivity contribution in [2.24, 2.45) is 11.5 Å². The molecule has 0 saturated carbocycles. The van der Waals surface area contributed by atoms with Gasteiger partial charge in [0.15, 0.2) is 0 Å².